The molecule has 2 heterocycles. The summed E-state index contributed by atoms with van der Waals surface area (Å²) in [4.78, 5) is 9.62. The van der Waals surface area contributed by atoms with E-state index in [4.69, 9.17) is 9.57 Å². The Morgan fingerprint density at radius 3 is 2.54 bits per heavy atom. The van der Waals surface area contributed by atoms with Gasteiger partial charge in [0.05, 0.1) is 19.8 Å². The van der Waals surface area contributed by atoms with Crippen molar-refractivity contribution in [2.75, 3.05) is 31.8 Å². The van der Waals surface area contributed by atoms with Gasteiger partial charge in [0.15, 0.2) is 0 Å². The molecular weight excluding hydrogens is 330 g/mol. The standard InChI is InChI=1S/C16H19N3O4S/c20-24(21,19-8-10-22-11-9-19)15-6-7-16(17-12-15)18-23-13-14-4-2-1-3-5-14/h1-7,12H,8-11,13H2,(H,17,18). The van der Waals surface area contributed by atoms with Crippen LogP contribution in [0, 0.1) is 0 Å². The molecule has 1 aromatic heterocycles. The number of nitrogens with zero attached hydrogens (tertiary/aromatic N) is 2. The van der Waals surface area contributed by atoms with E-state index < -0.39 is 10.0 Å². The monoisotopic (exact) mass is 349 g/mol. The van der Waals surface area contributed by atoms with Crippen LogP contribution >= 0.6 is 0 Å². The van der Waals surface area contributed by atoms with Crippen molar-refractivity contribution in [2.24, 2.45) is 0 Å². The van der Waals surface area contributed by atoms with Crippen LogP contribution in [-0.2, 0) is 26.2 Å². The molecule has 0 radical (unpaired) electrons. The van der Waals surface area contributed by atoms with Crippen molar-refractivity contribution >= 4 is 15.8 Å². The quantitative estimate of drug-likeness (QED) is 0.799. The van der Waals surface area contributed by atoms with E-state index in [-0.39, 0.29) is 4.90 Å². The zero-order valence-electron chi connectivity index (χ0n) is 13.1. The summed E-state index contributed by atoms with van der Waals surface area (Å²) in [7, 11) is -3.52. The number of morpholine rings is 1. The molecular formula is C16H19N3O4S. The minimum atomic E-state index is -3.52. The van der Waals surface area contributed by atoms with Crippen LogP contribution in [0.4, 0.5) is 5.82 Å². The normalized spacial score (nSPS) is 16.0. The molecule has 2 aromatic rings. The zero-order chi connectivity index (χ0) is 16.8. The smallest absolute Gasteiger partial charge is 0.244 e. The molecule has 0 spiro atoms. The van der Waals surface area contributed by atoms with Crippen molar-refractivity contribution in [3.8, 4) is 0 Å². The predicted molar refractivity (Wildman–Crippen MR) is 88.7 cm³/mol. The zero-order valence-corrected chi connectivity index (χ0v) is 13.9. The van der Waals surface area contributed by atoms with Gasteiger partial charge < -0.3 is 4.74 Å². The first-order chi connectivity index (χ1) is 11.7. The van der Waals surface area contributed by atoms with Crippen molar-refractivity contribution in [1.29, 1.82) is 0 Å². The van der Waals surface area contributed by atoms with Crippen LogP contribution in [0.5, 0.6) is 0 Å². The van der Waals surface area contributed by atoms with Crippen molar-refractivity contribution in [3.05, 3.63) is 54.2 Å². The first-order valence-corrected chi connectivity index (χ1v) is 9.06. The van der Waals surface area contributed by atoms with Crippen LogP contribution in [0.15, 0.2) is 53.6 Å². The van der Waals surface area contributed by atoms with Crippen molar-refractivity contribution in [3.63, 3.8) is 0 Å². The summed E-state index contributed by atoms with van der Waals surface area (Å²) in [5.74, 6) is 0.451. The second-order valence-corrected chi connectivity index (χ2v) is 7.21. The van der Waals surface area contributed by atoms with E-state index in [0.29, 0.717) is 38.7 Å². The second-order valence-electron chi connectivity index (χ2n) is 5.27. The third kappa shape index (κ3) is 4.09. The number of hydrogen-bond acceptors (Lipinski definition) is 6. The number of aromatic nitrogens is 1. The molecule has 1 aliphatic rings. The Hall–Kier alpha value is -2.00. The van der Waals surface area contributed by atoms with Gasteiger partial charge in [-0.2, -0.15) is 4.31 Å². The van der Waals surface area contributed by atoms with Crippen molar-refractivity contribution in [2.45, 2.75) is 11.5 Å². The lowest BCUT2D eigenvalue weighted by molar-refractivity contribution is 0.0730. The minimum absolute atomic E-state index is 0.165. The molecule has 1 fully saturated rings. The van der Waals surface area contributed by atoms with Gasteiger partial charge in [0.2, 0.25) is 10.0 Å². The Balaban J connectivity index is 1.58. The fraction of sp³-hybridized carbons (Fsp3) is 0.312. The topological polar surface area (TPSA) is 80.8 Å². The van der Waals surface area contributed by atoms with Crippen LogP contribution in [-0.4, -0.2) is 44.0 Å². The number of hydrogen-bond donors (Lipinski definition) is 1. The lowest BCUT2D eigenvalue weighted by Gasteiger charge is -2.25. The second kappa shape index (κ2) is 7.71. The molecule has 0 aliphatic carbocycles. The fourth-order valence-electron chi connectivity index (χ4n) is 2.30. The number of ether oxygens (including phenoxy) is 1. The highest BCUT2D eigenvalue weighted by molar-refractivity contribution is 7.89. The van der Waals surface area contributed by atoms with Crippen LogP contribution < -0.4 is 5.48 Å². The molecule has 3 rings (SSSR count). The molecule has 1 aromatic carbocycles. The van der Waals surface area contributed by atoms with E-state index in [2.05, 4.69) is 10.5 Å². The van der Waals surface area contributed by atoms with E-state index in [1.807, 2.05) is 30.3 Å². The van der Waals surface area contributed by atoms with Gasteiger partial charge in [-0.15, -0.1) is 0 Å². The molecule has 0 saturated carbocycles. The van der Waals surface area contributed by atoms with E-state index in [0.717, 1.165) is 5.56 Å². The highest BCUT2D eigenvalue weighted by atomic mass is 32.2. The average molecular weight is 349 g/mol. The highest BCUT2D eigenvalue weighted by Gasteiger charge is 2.26. The van der Waals surface area contributed by atoms with Gasteiger partial charge in [-0.25, -0.2) is 18.9 Å². The van der Waals surface area contributed by atoms with Gasteiger partial charge in [0.25, 0.3) is 0 Å². The average Bonchev–Trinajstić information content (AvgIpc) is 2.64. The molecule has 0 atom stereocenters. The Bertz CT molecular complexity index is 745. The van der Waals surface area contributed by atoms with Crippen molar-refractivity contribution < 1.29 is 18.0 Å². The summed E-state index contributed by atoms with van der Waals surface area (Å²) >= 11 is 0. The van der Waals surface area contributed by atoms with E-state index in [1.165, 1.54) is 16.6 Å². The predicted octanol–water partition coefficient (Wildman–Crippen LogP) is 1.65. The fourth-order valence-corrected chi connectivity index (χ4v) is 3.65. The number of sulfonamides is 1. The van der Waals surface area contributed by atoms with Gasteiger partial charge in [0.1, 0.15) is 10.7 Å². The van der Waals surface area contributed by atoms with Crippen LogP contribution in [0.2, 0.25) is 0 Å². The number of pyridine rings is 1. The molecule has 128 valence electrons. The molecule has 0 amide bonds. The highest BCUT2D eigenvalue weighted by Crippen LogP contribution is 2.17. The lowest BCUT2D eigenvalue weighted by Crippen LogP contribution is -2.40. The van der Waals surface area contributed by atoms with Gasteiger partial charge in [-0.1, -0.05) is 30.3 Å². The summed E-state index contributed by atoms with van der Waals surface area (Å²) in [6.45, 7) is 1.95. The first-order valence-electron chi connectivity index (χ1n) is 7.62. The number of benzene rings is 1. The van der Waals surface area contributed by atoms with Crippen LogP contribution in [0.3, 0.4) is 0 Å². The maximum absolute atomic E-state index is 12.5. The molecule has 8 heteroatoms. The van der Waals surface area contributed by atoms with Crippen LogP contribution in [0.25, 0.3) is 0 Å². The number of nitrogens with one attached hydrogen (secondary N) is 1. The van der Waals surface area contributed by atoms with E-state index in [9.17, 15) is 8.42 Å². The number of rotatable bonds is 6. The third-order valence-corrected chi connectivity index (χ3v) is 5.48. The minimum Gasteiger partial charge on any atom is -0.379 e. The summed E-state index contributed by atoms with van der Waals surface area (Å²) in [5, 5.41) is 0. The number of anilines is 1. The first kappa shape index (κ1) is 16.8. The molecule has 7 nitrogen and oxygen atoms in total. The van der Waals surface area contributed by atoms with E-state index >= 15 is 0 Å². The van der Waals surface area contributed by atoms with Crippen LogP contribution in [0.1, 0.15) is 5.56 Å². The molecule has 1 N–H and O–H groups in total. The molecule has 0 bridgehead atoms. The Kier molecular flexibility index (Phi) is 5.41. The largest absolute Gasteiger partial charge is 0.379 e. The van der Waals surface area contributed by atoms with Gasteiger partial charge in [0, 0.05) is 19.3 Å². The van der Waals surface area contributed by atoms with Gasteiger partial charge >= 0.3 is 0 Å². The lowest BCUT2D eigenvalue weighted by atomic mass is 10.2. The maximum Gasteiger partial charge on any atom is 0.244 e. The molecule has 1 aliphatic heterocycles. The maximum atomic E-state index is 12.5. The Morgan fingerprint density at radius 2 is 1.88 bits per heavy atom. The van der Waals surface area contributed by atoms with Gasteiger partial charge in [-0.3, -0.25) is 4.84 Å². The van der Waals surface area contributed by atoms with E-state index in [1.54, 1.807) is 6.07 Å². The summed E-state index contributed by atoms with van der Waals surface area (Å²) < 4.78 is 31.5. The Morgan fingerprint density at radius 1 is 1.12 bits per heavy atom. The molecule has 0 unspecified atom stereocenters. The summed E-state index contributed by atoms with van der Waals surface area (Å²) in [5.41, 5.74) is 3.74. The summed E-state index contributed by atoms with van der Waals surface area (Å²) in [6.07, 6.45) is 1.33. The Labute approximate surface area is 141 Å². The SMILES string of the molecule is O=S(=O)(c1ccc(NOCc2ccccc2)nc1)N1CCOCC1. The molecule has 1 saturated heterocycles. The third-order valence-electron chi connectivity index (χ3n) is 3.60. The summed E-state index contributed by atoms with van der Waals surface area (Å²) in [6, 6.07) is 12.8. The van der Waals surface area contributed by atoms with Gasteiger partial charge in [-0.05, 0) is 17.7 Å². The van der Waals surface area contributed by atoms with Crippen molar-refractivity contribution in [1.82, 2.24) is 9.29 Å². The molecule has 24 heavy (non-hydrogen) atoms.